The van der Waals surface area contributed by atoms with Gasteiger partial charge in [0.05, 0.1) is 23.6 Å². The summed E-state index contributed by atoms with van der Waals surface area (Å²) in [6.45, 7) is 4.85. The highest BCUT2D eigenvalue weighted by molar-refractivity contribution is 5.99. The van der Waals surface area contributed by atoms with Gasteiger partial charge in [-0.1, -0.05) is 49.2 Å². The molecule has 0 N–H and O–H groups in total. The van der Waals surface area contributed by atoms with Gasteiger partial charge in [-0.3, -0.25) is 9.59 Å². The van der Waals surface area contributed by atoms with Crippen LogP contribution in [0.1, 0.15) is 58.6 Å². The molecule has 4 aromatic rings. The van der Waals surface area contributed by atoms with Crippen molar-refractivity contribution in [2.24, 2.45) is 0 Å². The fourth-order valence-electron chi connectivity index (χ4n) is 4.51. The number of ether oxygens (including phenoxy) is 1. The van der Waals surface area contributed by atoms with Crippen LogP contribution in [0.2, 0.25) is 0 Å². The van der Waals surface area contributed by atoms with Crippen LogP contribution < -0.4 is 10.2 Å². The van der Waals surface area contributed by atoms with Crippen LogP contribution in [0.4, 0.5) is 4.39 Å². The topological polar surface area (TPSA) is 59.8 Å². The number of benzene rings is 3. The van der Waals surface area contributed by atoms with Crippen molar-refractivity contribution in [3.05, 3.63) is 111 Å². The molecule has 0 saturated carbocycles. The zero-order chi connectivity index (χ0) is 24.5. The highest BCUT2D eigenvalue weighted by Crippen LogP contribution is 2.39. The van der Waals surface area contributed by atoms with E-state index in [9.17, 15) is 14.0 Å². The molecule has 1 unspecified atom stereocenters. The molecule has 5 nitrogen and oxygen atoms in total. The van der Waals surface area contributed by atoms with E-state index in [1.807, 2.05) is 37.3 Å². The lowest BCUT2D eigenvalue weighted by Crippen LogP contribution is -2.29. The normalized spacial score (nSPS) is 15.0. The van der Waals surface area contributed by atoms with Crippen molar-refractivity contribution >= 4 is 16.9 Å². The molecule has 35 heavy (non-hydrogen) atoms. The van der Waals surface area contributed by atoms with Crippen LogP contribution in [-0.4, -0.2) is 17.4 Å². The van der Waals surface area contributed by atoms with Crippen LogP contribution in [0, 0.1) is 12.7 Å². The SMILES string of the molecule is CCCCOc1ccc(C2c3c(oc4ccc(C)cc4c3=O)C(=O)N2Cc2ccc(F)cc2)cc1. The van der Waals surface area contributed by atoms with E-state index in [1.165, 1.54) is 12.1 Å². The highest BCUT2D eigenvalue weighted by Gasteiger charge is 2.42. The first kappa shape index (κ1) is 22.8. The van der Waals surface area contributed by atoms with Crippen LogP contribution >= 0.6 is 0 Å². The van der Waals surface area contributed by atoms with Crippen molar-refractivity contribution in [2.75, 3.05) is 6.61 Å². The quantitative estimate of drug-likeness (QED) is 0.303. The highest BCUT2D eigenvalue weighted by atomic mass is 19.1. The van der Waals surface area contributed by atoms with Gasteiger partial charge in [0.2, 0.25) is 5.76 Å². The first-order valence-corrected chi connectivity index (χ1v) is 11.8. The summed E-state index contributed by atoms with van der Waals surface area (Å²) in [5.74, 6) is 0.0790. The molecule has 0 spiro atoms. The van der Waals surface area contributed by atoms with E-state index >= 15 is 0 Å². The van der Waals surface area contributed by atoms with Gasteiger partial charge in [-0.2, -0.15) is 0 Å². The molecule has 5 rings (SSSR count). The fraction of sp³-hybridized carbons (Fsp3) is 0.241. The number of nitrogens with zero attached hydrogens (tertiary/aromatic N) is 1. The number of unbranched alkanes of at least 4 members (excludes halogenated alkanes) is 1. The van der Waals surface area contributed by atoms with Gasteiger partial charge in [0.1, 0.15) is 17.1 Å². The van der Waals surface area contributed by atoms with Crippen molar-refractivity contribution < 1.29 is 18.3 Å². The number of halogens is 1. The van der Waals surface area contributed by atoms with E-state index in [-0.39, 0.29) is 29.5 Å². The van der Waals surface area contributed by atoms with Gasteiger partial charge in [0, 0.05) is 6.54 Å². The Morgan fingerprint density at radius 1 is 1.00 bits per heavy atom. The summed E-state index contributed by atoms with van der Waals surface area (Å²) in [7, 11) is 0. The Bertz CT molecular complexity index is 1440. The lowest BCUT2D eigenvalue weighted by molar-refractivity contribution is 0.0714. The summed E-state index contributed by atoms with van der Waals surface area (Å²) >= 11 is 0. The molecule has 0 saturated heterocycles. The monoisotopic (exact) mass is 471 g/mol. The Kier molecular flexibility index (Phi) is 6.12. The summed E-state index contributed by atoms with van der Waals surface area (Å²) in [5.41, 5.74) is 2.96. The van der Waals surface area contributed by atoms with Gasteiger partial charge < -0.3 is 14.1 Å². The number of aryl methyl sites for hydroxylation is 1. The third kappa shape index (κ3) is 4.32. The van der Waals surface area contributed by atoms with Gasteiger partial charge in [0.25, 0.3) is 5.91 Å². The molecule has 1 aliphatic rings. The average molecular weight is 472 g/mol. The summed E-state index contributed by atoms with van der Waals surface area (Å²) in [5, 5.41) is 0.449. The Hall–Kier alpha value is -3.93. The van der Waals surface area contributed by atoms with Crippen molar-refractivity contribution in [1.82, 2.24) is 4.90 Å². The largest absolute Gasteiger partial charge is 0.494 e. The second kappa shape index (κ2) is 9.37. The van der Waals surface area contributed by atoms with E-state index in [0.717, 1.165) is 35.3 Å². The minimum absolute atomic E-state index is 0.0572. The molecule has 0 fully saturated rings. The van der Waals surface area contributed by atoms with Crippen LogP contribution in [-0.2, 0) is 6.54 Å². The number of hydrogen-bond acceptors (Lipinski definition) is 4. The van der Waals surface area contributed by atoms with Crippen molar-refractivity contribution in [3.8, 4) is 5.75 Å². The third-order valence-corrected chi connectivity index (χ3v) is 6.35. The number of carbonyl (C=O) groups is 1. The number of rotatable bonds is 7. The Balaban J connectivity index is 1.61. The molecule has 178 valence electrons. The molecule has 2 heterocycles. The zero-order valence-corrected chi connectivity index (χ0v) is 19.7. The Morgan fingerprint density at radius 2 is 1.74 bits per heavy atom. The second-order valence-electron chi connectivity index (χ2n) is 8.91. The maximum atomic E-state index is 13.7. The van der Waals surface area contributed by atoms with Gasteiger partial charge in [-0.15, -0.1) is 0 Å². The lowest BCUT2D eigenvalue weighted by atomic mass is 9.98. The van der Waals surface area contributed by atoms with Crippen LogP contribution in [0.25, 0.3) is 11.0 Å². The maximum absolute atomic E-state index is 13.7. The third-order valence-electron chi connectivity index (χ3n) is 6.35. The molecule has 0 bridgehead atoms. The first-order valence-electron chi connectivity index (χ1n) is 11.8. The number of fused-ring (bicyclic) bond motifs is 2. The van der Waals surface area contributed by atoms with Crippen LogP contribution in [0.3, 0.4) is 0 Å². The minimum Gasteiger partial charge on any atom is -0.494 e. The molecular weight excluding hydrogens is 445 g/mol. The summed E-state index contributed by atoms with van der Waals surface area (Å²) in [4.78, 5) is 28.8. The molecule has 0 radical (unpaired) electrons. The lowest BCUT2D eigenvalue weighted by Gasteiger charge is -2.25. The first-order chi connectivity index (χ1) is 17.0. The molecule has 1 amide bonds. The standard InChI is InChI=1S/C29H26FNO4/c1-3-4-15-34-22-12-8-20(9-13-22)26-25-27(32)23-16-18(2)5-14-24(23)35-28(25)29(33)31(26)17-19-6-10-21(30)11-7-19/h5-14,16,26H,3-4,15,17H2,1-2H3. The molecular formula is C29H26FNO4. The number of hydrogen-bond donors (Lipinski definition) is 0. The minimum atomic E-state index is -0.631. The van der Waals surface area contributed by atoms with E-state index < -0.39 is 6.04 Å². The predicted octanol–water partition coefficient (Wildman–Crippen LogP) is 6.16. The predicted molar refractivity (Wildman–Crippen MR) is 132 cm³/mol. The molecule has 1 aliphatic heterocycles. The van der Waals surface area contributed by atoms with Crippen LogP contribution in [0.5, 0.6) is 5.75 Å². The molecule has 0 aliphatic carbocycles. The van der Waals surface area contributed by atoms with E-state index in [2.05, 4.69) is 6.92 Å². The fourth-order valence-corrected chi connectivity index (χ4v) is 4.51. The van der Waals surface area contributed by atoms with Crippen molar-refractivity contribution in [3.63, 3.8) is 0 Å². The van der Waals surface area contributed by atoms with Gasteiger partial charge in [-0.25, -0.2) is 4.39 Å². The molecule has 6 heteroatoms. The Morgan fingerprint density at radius 3 is 2.46 bits per heavy atom. The summed E-state index contributed by atoms with van der Waals surface area (Å²) in [6.07, 6.45) is 2.01. The van der Waals surface area contributed by atoms with E-state index in [4.69, 9.17) is 9.15 Å². The average Bonchev–Trinajstić information content (AvgIpc) is 3.13. The molecule has 3 aromatic carbocycles. The van der Waals surface area contributed by atoms with E-state index in [0.29, 0.717) is 23.1 Å². The van der Waals surface area contributed by atoms with Gasteiger partial charge in [0.15, 0.2) is 5.43 Å². The van der Waals surface area contributed by atoms with Crippen LogP contribution in [0.15, 0.2) is 75.9 Å². The second-order valence-corrected chi connectivity index (χ2v) is 8.91. The maximum Gasteiger partial charge on any atom is 0.291 e. The van der Waals surface area contributed by atoms with Crippen molar-refractivity contribution in [2.45, 2.75) is 39.3 Å². The van der Waals surface area contributed by atoms with E-state index in [1.54, 1.807) is 29.2 Å². The zero-order valence-electron chi connectivity index (χ0n) is 19.7. The number of carbonyl (C=O) groups excluding carboxylic acids is 1. The molecule has 1 aromatic heterocycles. The smallest absolute Gasteiger partial charge is 0.291 e. The van der Waals surface area contributed by atoms with Gasteiger partial charge >= 0.3 is 0 Å². The summed E-state index contributed by atoms with van der Waals surface area (Å²) in [6, 6.07) is 18.2. The van der Waals surface area contributed by atoms with Gasteiger partial charge in [-0.05, 0) is 60.9 Å². The summed E-state index contributed by atoms with van der Waals surface area (Å²) < 4.78 is 25.3. The Labute approximate surface area is 202 Å². The van der Waals surface area contributed by atoms with Crippen molar-refractivity contribution in [1.29, 1.82) is 0 Å². The molecule has 1 atom stereocenters. The number of amides is 1.